The molecule has 3 aromatic rings. The number of rotatable bonds is 3. The Morgan fingerprint density at radius 1 is 0.950 bits per heavy atom. The van der Waals surface area contributed by atoms with Crippen molar-refractivity contribution in [2.45, 2.75) is 13.5 Å². The van der Waals surface area contributed by atoms with E-state index < -0.39 is 0 Å². The van der Waals surface area contributed by atoms with E-state index in [1.165, 1.54) is 0 Å². The lowest BCUT2D eigenvalue weighted by Gasteiger charge is -1.95. The zero-order valence-electron chi connectivity index (χ0n) is 11.4. The minimum Gasteiger partial charge on any atom is -0.292 e. The van der Waals surface area contributed by atoms with Crippen LogP contribution in [0.3, 0.4) is 0 Å². The Balaban J connectivity index is 2.15. The fourth-order valence-electron chi connectivity index (χ4n) is 2.41. The van der Waals surface area contributed by atoms with Crippen LogP contribution < -0.4 is 5.69 Å². The van der Waals surface area contributed by atoms with E-state index in [1.54, 1.807) is 9.13 Å². The van der Waals surface area contributed by atoms with Crippen molar-refractivity contribution in [3.63, 3.8) is 0 Å². The molecule has 0 atom stereocenters. The van der Waals surface area contributed by atoms with Gasteiger partial charge in [0.05, 0.1) is 11.0 Å². The molecule has 2 aromatic carbocycles. The van der Waals surface area contributed by atoms with Crippen molar-refractivity contribution in [2.24, 2.45) is 0 Å². The molecule has 0 spiro atoms. The highest BCUT2D eigenvalue weighted by Gasteiger charge is 2.08. The molecule has 0 fully saturated rings. The second-order valence-corrected chi connectivity index (χ2v) is 4.61. The molecule has 0 aliphatic carbocycles. The summed E-state index contributed by atoms with van der Waals surface area (Å²) in [7, 11) is 0. The predicted octanol–water partition coefficient (Wildman–Crippen LogP) is 3.45. The maximum Gasteiger partial charge on any atom is 0.333 e. The second-order valence-electron chi connectivity index (χ2n) is 4.61. The first-order valence-electron chi connectivity index (χ1n) is 6.74. The second kappa shape index (κ2) is 5.21. The molecule has 3 heteroatoms. The Bertz CT molecular complexity index is 810. The molecule has 0 amide bonds. The number of fused-ring (bicyclic) bond motifs is 1. The number of imidazole rings is 1. The highest BCUT2D eigenvalue weighted by atomic mass is 16.1. The maximum absolute atomic E-state index is 12.4. The molecule has 0 unspecified atom stereocenters. The number of benzene rings is 2. The summed E-state index contributed by atoms with van der Waals surface area (Å²) in [5, 5.41) is 0. The van der Waals surface area contributed by atoms with Crippen LogP contribution in [0.5, 0.6) is 0 Å². The Hall–Kier alpha value is -2.55. The van der Waals surface area contributed by atoms with Crippen LogP contribution in [0.1, 0.15) is 12.5 Å². The van der Waals surface area contributed by atoms with E-state index in [9.17, 15) is 4.79 Å². The Morgan fingerprint density at radius 3 is 2.30 bits per heavy atom. The van der Waals surface area contributed by atoms with E-state index in [1.807, 2.05) is 73.8 Å². The first kappa shape index (κ1) is 12.5. The molecule has 100 valence electrons. The van der Waals surface area contributed by atoms with Gasteiger partial charge in [0.1, 0.15) is 0 Å². The summed E-state index contributed by atoms with van der Waals surface area (Å²) in [6, 6.07) is 17.8. The third-order valence-electron chi connectivity index (χ3n) is 3.40. The fourth-order valence-corrected chi connectivity index (χ4v) is 2.41. The molecule has 0 saturated heterocycles. The van der Waals surface area contributed by atoms with Crippen molar-refractivity contribution in [3.8, 4) is 0 Å². The monoisotopic (exact) mass is 264 g/mol. The molecule has 1 aromatic heterocycles. The molecule has 3 rings (SSSR count). The van der Waals surface area contributed by atoms with E-state index in [0.717, 1.165) is 16.6 Å². The number of hydrogen-bond donors (Lipinski definition) is 0. The molecule has 0 N–H and O–H groups in total. The van der Waals surface area contributed by atoms with Crippen molar-refractivity contribution in [2.75, 3.05) is 0 Å². The van der Waals surface area contributed by atoms with Crippen molar-refractivity contribution in [1.82, 2.24) is 9.13 Å². The smallest absolute Gasteiger partial charge is 0.292 e. The number of hydrogen-bond acceptors (Lipinski definition) is 1. The maximum atomic E-state index is 12.4. The Kier molecular flexibility index (Phi) is 3.25. The van der Waals surface area contributed by atoms with Gasteiger partial charge in [-0.25, -0.2) is 4.79 Å². The molecule has 3 nitrogen and oxygen atoms in total. The van der Waals surface area contributed by atoms with Crippen LogP contribution in [0, 0.1) is 0 Å². The topological polar surface area (TPSA) is 26.9 Å². The minimum atomic E-state index is 0.000816. The number of para-hydroxylation sites is 2. The first-order valence-corrected chi connectivity index (χ1v) is 6.74. The van der Waals surface area contributed by atoms with Crippen molar-refractivity contribution in [3.05, 3.63) is 70.6 Å². The Labute approximate surface area is 117 Å². The summed E-state index contributed by atoms with van der Waals surface area (Å²) in [6.07, 6.45) is 3.79. The summed E-state index contributed by atoms with van der Waals surface area (Å²) < 4.78 is 3.48. The van der Waals surface area contributed by atoms with Gasteiger partial charge in [-0.15, -0.1) is 0 Å². The average Bonchev–Trinajstić information content (AvgIpc) is 2.77. The Morgan fingerprint density at radius 2 is 1.60 bits per heavy atom. The van der Waals surface area contributed by atoms with Crippen LogP contribution in [-0.4, -0.2) is 9.13 Å². The largest absolute Gasteiger partial charge is 0.333 e. The van der Waals surface area contributed by atoms with Gasteiger partial charge >= 0.3 is 5.69 Å². The minimum absolute atomic E-state index is 0.000816. The summed E-state index contributed by atoms with van der Waals surface area (Å²) in [4.78, 5) is 12.4. The van der Waals surface area contributed by atoms with Gasteiger partial charge in [0.2, 0.25) is 0 Å². The highest BCUT2D eigenvalue weighted by molar-refractivity contribution is 5.79. The average molecular weight is 264 g/mol. The molecular formula is C17H16N2O. The van der Waals surface area contributed by atoms with Crippen molar-refractivity contribution in [1.29, 1.82) is 0 Å². The zero-order chi connectivity index (χ0) is 13.9. The van der Waals surface area contributed by atoms with Gasteiger partial charge in [0.25, 0.3) is 0 Å². The van der Waals surface area contributed by atoms with Crippen LogP contribution in [-0.2, 0) is 6.54 Å². The normalized spacial score (nSPS) is 11.4. The molecular weight excluding hydrogens is 248 g/mol. The fraction of sp³-hybridized carbons (Fsp3) is 0.118. The lowest BCUT2D eigenvalue weighted by Crippen LogP contribution is -2.20. The molecule has 0 radical (unpaired) electrons. The number of aryl methyl sites for hydroxylation is 1. The van der Waals surface area contributed by atoms with E-state index in [4.69, 9.17) is 0 Å². The summed E-state index contributed by atoms with van der Waals surface area (Å²) >= 11 is 0. The quantitative estimate of drug-likeness (QED) is 0.711. The van der Waals surface area contributed by atoms with Gasteiger partial charge < -0.3 is 0 Å². The van der Waals surface area contributed by atoms with Gasteiger partial charge in [-0.2, -0.15) is 0 Å². The van der Waals surface area contributed by atoms with Crippen LogP contribution in [0.25, 0.3) is 23.3 Å². The molecule has 0 aliphatic rings. The van der Waals surface area contributed by atoms with Crippen molar-refractivity contribution < 1.29 is 0 Å². The van der Waals surface area contributed by atoms with Gasteiger partial charge in [-0.05, 0) is 30.7 Å². The predicted molar refractivity (Wildman–Crippen MR) is 83.5 cm³/mol. The van der Waals surface area contributed by atoms with E-state index in [0.29, 0.717) is 6.54 Å². The van der Waals surface area contributed by atoms with Crippen LogP contribution in [0.15, 0.2) is 59.4 Å². The molecule has 0 bridgehead atoms. The standard InChI is InChI=1S/C17H16N2O/c1-2-18-15-10-6-7-11-16(15)19(17(18)20)13-12-14-8-4-3-5-9-14/h3-13H,2H2,1H3/b13-12+. The van der Waals surface area contributed by atoms with Crippen LogP contribution in [0.2, 0.25) is 0 Å². The van der Waals surface area contributed by atoms with Gasteiger partial charge in [0, 0.05) is 12.7 Å². The summed E-state index contributed by atoms with van der Waals surface area (Å²) in [6.45, 7) is 2.66. The summed E-state index contributed by atoms with van der Waals surface area (Å²) in [5.74, 6) is 0. The SMILES string of the molecule is CCn1c(=O)n(/C=C/c2ccccc2)c2ccccc21. The zero-order valence-corrected chi connectivity index (χ0v) is 11.4. The van der Waals surface area contributed by atoms with Crippen LogP contribution >= 0.6 is 0 Å². The van der Waals surface area contributed by atoms with Crippen molar-refractivity contribution >= 4 is 23.3 Å². The summed E-state index contributed by atoms with van der Waals surface area (Å²) in [5.41, 5.74) is 2.98. The molecule has 0 aliphatic heterocycles. The van der Waals surface area contributed by atoms with E-state index >= 15 is 0 Å². The number of nitrogens with zero attached hydrogens (tertiary/aromatic N) is 2. The highest BCUT2D eigenvalue weighted by Crippen LogP contribution is 2.13. The van der Waals surface area contributed by atoms with E-state index in [2.05, 4.69) is 0 Å². The van der Waals surface area contributed by atoms with Gasteiger partial charge in [-0.3, -0.25) is 9.13 Å². The molecule has 0 saturated carbocycles. The molecule has 20 heavy (non-hydrogen) atoms. The van der Waals surface area contributed by atoms with Gasteiger partial charge in [0.15, 0.2) is 0 Å². The number of aromatic nitrogens is 2. The van der Waals surface area contributed by atoms with Gasteiger partial charge in [-0.1, -0.05) is 42.5 Å². The van der Waals surface area contributed by atoms with E-state index in [-0.39, 0.29) is 5.69 Å². The third kappa shape index (κ3) is 2.07. The first-order chi connectivity index (χ1) is 9.81. The lowest BCUT2D eigenvalue weighted by molar-refractivity contribution is 0.740. The van der Waals surface area contributed by atoms with Crippen LogP contribution in [0.4, 0.5) is 0 Å². The third-order valence-corrected chi connectivity index (χ3v) is 3.40. The molecule has 1 heterocycles. The lowest BCUT2D eigenvalue weighted by atomic mass is 10.2.